The van der Waals surface area contributed by atoms with Gasteiger partial charge in [0, 0.05) is 12.0 Å². The Morgan fingerprint density at radius 1 is 1.54 bits per heavy atom. The Hall–Kier alpha value is -1.58. The van der Waals surface area contributed by atoms with Crippen molar-refractivity contribution in [3.8, 4) is 0 Å². The highest BCUT2D eigenvalue weighted by Crippen LogP contribution is 2.19. The van der Waals surface area contributed by atoms with Gasteiger partial charge in [-0.1, -0.05) is 17.3 Å². The van der Waals surface area contributed by atoms with Gasteiger partial charge in [-0.05, 0) is 12.8 Å². The van der Waals surface area contributed by atoms with Crippen LogP contribution in [-0.2, 0) is 4.79 Å². The molecule has 1 aliphatic rings. The molecule has 1 amide bonds. The predicted octanol–water partition coefficient (Wildman–Crippen LogP) is 1.58. The third-order valence-electron chi connectivity index (χ3n) is 2.06. The second-order valence-corrected chi connectivity index (χ2v) is 3.01. The normalized spacial score (nSPS) is 16.3. The van der Waals surface area contributed by atoms with Crippen LogP contribution in [0.3, 0.4) is 0 Å². The van der Waals surface area contributed by atoms with Gasteiger partial charge >= 0.3 is 0 Å². The summed E-state index contributed by atoms with van der Waals surface area (Å²) in [4.78, 5) is 11.5. The van der Waals surface area contributed by atoms with E-state index in [0.29, 0.717) is 5.88 Å². The summed E-state index contributed by atoms with van der Waals surface area (Å²) in [7, 11) is 0. The average Bonchev–Trinajstić information content (AvgIpc) is 2.74. The summed E-state index contributed by atoms with van der Waals surface area (Å²) in [5.41, 5.74) is 0. The first-order chi connectivity index (χ1) is 6.36. The van der Waals surface area contributed by atoms with E-state index in [1.807, 2.05) is 12.2 Å². The van der Waals surface area contributed by atoms with Gasteiger partial charge in [0.25, 0.3) is 0 Å². The molecule has 0 spiro atoms. The Kier molecular flexibility index (Phi) is 2.12. The van der Waals surface area contributed by atoms with Crippen molar-refractivity contribution in [1.82, 2.24) is 5.16 Å². The third kappa shape index (κ3) is 1.77. The quantitative estimate of drug-likeness (QED) is 0.699. The Bertz CT molecular complexity index is 308. The molecule has 0 atom stereocenters. The van der Waals surface area contributed by atoms with E-state index in [-0.39, 0.29) is 11.8 Å². The van der Waals surface area contributed by atoms with Crippen LogP contribution in [0.15, 0.2) is 28.9 Å². The van der Waals surface area contributed by atoms with Gasteiger partial charge in [-0.15, -0.1) is 0 Å². The molecule has 1 aliphatic carbocycles. The summed E-state index contributed by atoms with van der Waals surface area (Å²) >= 11 is 0. The summed E-state index contributed by atoms with van der Waals surface area (Å²) in [6.07, 6.45) is 7.18. The molecule has 1 heterocycles. The van der Waals surface area contributed by atoms with E-state index in [1.54, 1.807) is 6.07 Å². The lowest BCUT2D eigenvalue weighted by Gasteiger charge is -2.06. The molecule has 0 saturated heterocycles. The molecule has 1 aromatic rings. The van der Waals surface area contributed by atoms with Gasteiger partial charge in [-0.3, -0.25) is 10.1 Å². The fourth-order valence-corrected chi connectivity index (χ4v) is 1.34. The molecule has 1 N–H and O–H groups in total. The Labute approximate surface area is 75.6 Å². The molecule has 68 valence electrons. The van der Waals surface area contributed by atoms with E-state index in [9.17, 15) is 4.79 Å². The second kappa shape index (κ2) is 3.43. The average molecular weight is 178 g/mol. The van der Waals surface area contributed by atoms with Gasteiger partial charge in [0.15, 0.2) is 0 Å². The summed E-state index contributed by atoms with van der Waals surface area (Å²) in [6.45, 7) is 0. The smallest absolute Gasteiger partial charge is 0.231 e. The van der Waals surface area contributed by atoms with Gasteiger partial charge in [-0.2, -0.15) is 0 Å². The summed E-state index contributed by atoms with van der Waals surface area (Å²) in [6, 6.07) is 1.63. The number of rotatable bonds is 2. The standard InChI is InChI=1S/C9H10N2O2/c12-9(7-3-1-2-4-7)11-8-5-6-10-13-8/h1-2,5-7H,3-4H2,(H,11,12). The van der Waals surface area contributed by atoms with Gasteiger partial charge in [-0.25, -0.2) is 0 Å². The summed E-state index contributed by atoms with van der Waals surface area (Å²) in [5.74, 6) is 0.476. The number of aromatic nitrogens is 1. The molecule has 0 radical (unpaired) electrons. The van der Waals surface area contributed by atoms with E-state index in [2.05, 4.69) is 10.5 Å². The molecule has 13 heavy (non-hydrogen) atoms. The van der Waals surface area contributed by atoms with Crippen molar-refractivity contribution >= 4 is 11.8 Å². The van der Waals surface area contributed by atoms with Crippen LogP contribution in [0, 0.1) is 5.92 Å². The predicted molar refractivity (Wildman–Crippen MR) is 47.0 cm³/mol. The highest BCUT2D eigenvalue weighted by molar-refractivity contribution is 5.91. The number of allylic oxidation sites excluding steroid dienone is 2. The number of nitrogens with zero attached hydrogens (tertiary/aromatic N) is 1. The summed E-state index contributed by atoms with van der Waals surface area (Å²) in [5, 5.41) is 6.15. The number of hydrogen-bond donors (Lipinski definition) is 1. The van der Waals surface area contributed by atoms with E-state index in [0.717, 1.165) is 12.8 Å². The van der Waals surface area contributed by atoms with E-state index >= 15 is 0 Å². The highest BCUT2D eigenvalue weighted by atomic mass is 16.5. The Morgan fingerprint density at radius 2 is 2.31 bits per heavy atom. The maximum absolute atomic E-state index is 11.5. The molecule has 4 heteroatoms. The zero-order valence-corrected chi connectivity index (χ0v) is 7.06. The van der Waals surface area contributed by atoms with Crippen LogP contribution in [0.25, 0.3) is 0 Å². The maximum Gasteiger partial charge on any atom is 0.231 e. The molecule has 0 saturated carbocycles. The van der Waals surface area contributed by atoms with E-state index < -0.39 is 0 Å². The monoisotopic (exact) mass is 178 g/mol. The molecule has 1 aromatic heterocycles. The minimum Gasteiger partial charge on any atom is -0.338 e. The van der Waals surface area contributed by atoms with Crippen molar-refractivity contribution in [3.63, 3.8) is 0 Å². The van der Waals surface area contributed by atoms with Crippen molar-refractivity contribution in [3.05, 3.63) is 24.4 Å². The van der Waals surface area contributed by atoms with Crippen LogP contribution in [0.5, 0.6) is 0 Å². The van der Waals surface area contributed by atoms with Crippen molar-refractivity contribution in [2.24, 2.45) is 5.92 Å². The second-order valence-electron chi connectivity index (χ2n) is 3.01. The lowest BCUT2D eigenvalue weighted by Crippen LogP contribution is -2.20. The largest absolute Gasteiger partial charge is 0.338 e. The molecule has 0 bridgehead atoms. The number of amides is 1. The lowest BCUT2D eigenvalue weighted by molar-refractivity contribution is -0.119. The molecule has 0 aromatic carbocycles. The number of carbonyl (C=O) groups excluding carboxylic acids is 1. The lowest BCUT2D eigenvalue weighted by atomic mass is 10.1. The zero-order chi connectivity index (χ0) is 9.10. The minimum atomic E-state index is 0.00162. The van der Waals surface area contributed by atoms with Crippen LogP contribution < -0.4 is 5.32 Å². The zero-order valence-electron chi connectivity index (χ0n) is 7.06. The highest BCUT2D eigenvalue weighted by Gasteiger charge is 2.19. The first-order valence-electron chi connectivity index (χ1n) is 4.23. The first-order valence-corrected chi connectivity index (χ1v) is 4.23. The minimum absolute atomic E-state index is 0.00162. The molecule has 0 fully saturated rings. The molecular formula is C9H10N2O2. The molecule has 4 nitrogen and oxygen atoms in total. The van der Waals surface area contributed by atoms with Gasteiger partial charge < -0.3 is 4.52 Å². The SMILES string of the molecule is O=C(Nc1ccno1)C1CC=CC1. The topological polar surface area (TPSA) is 55.1 Å². The van der Waals surface area contributed by atoms with Crippen molar-refractivity contribution in [2.75, 3.05) is 5.32 Å². The number of hydrogen-bond acceptors (Lipinski definition) is 3. The Morgan fingerprint density at radius 3 is 2.92 bits per heavy atom. The third-order valence-corrected chi connectivity index (χ3v) is 2.06. The summed E-state index contributed by atoms with van der Waals surface area (Å²) < 4.78 is 4.76. The van der Waals surface area contributed by atoms with Gasteiger partial charge in [0.2, 0.25) is 11.8 Å². The van der Waals surface area contributed by atoms with E-state index in [1.165, 1.54) is 6.20 Å². The molecule has 0 unspecified atom stereocenters. The van der Waals surface area contributed by atoms with Crippen LogP contribution in [-0.4, -0.2) is 11.1 Å². The van der Waals surface area contributed by atoms with Crippen molar-refractivity contribution < 1.29 is 9.32 Å². The molecule has 0 aliphatic heterocycles. The van der Waals surface area contributed by atoms with Crippen LogP contribution >= 0.6 is 0 Å². The molecular weight excluding hydrogens is 168 g/mol. The van der Waals surface area contributed by atoms with Gasteiger partial charge in [0.05, 0.1) is 6.20 Å². The number of nitrogens with one attached hydrogen (secondary N) is 1. The van der Waals surface area contributed by atoms with Crippen molar-refractivity contribution in [2.45, 2.75) is 12.8 Å². The molecule has 2 rings (SSSR count). The van der Waals surface area contributed by atoms with Gasteiger partial charge in [0.1, 0.15) is 0 Å². The fraction of sp³-hybridized carbons (Fsp3) is 0.333. The van der Waals surface area contributed by atoms with Crippen molar-refractivity contribution in [1.29, 1.82) is 0 Å². The number of carbonyl (C=O) groups is 1. The number of anilines is 1. The maximum atomic E-state index is 11.5. The fourth-order valence-electron chi connectivity index (χ4n) is 1.34. The first kappa shape index (κ1) is 8.04. The van der Waals surface area contributed by atoms with Crippen LogP contribution in [0.1, 0.15) is 12.8 Å². The Balaban J connectivity index is 1.92. The van der Waals surface area contributed by atoms with E-state index in [4.69, 9.17) is 4.52 Å². The van der Waals surface area contributed by atoms with Crippen LogP contribution in [0.4, 0.5) is 5.88 Å². The van der Waals surface area contributed by atoms with Crippen LogP contribution in [0.2, 0.25) is 0 Å².